The molecule has 1 N–H and O–H groups in total. The summed E-state index contributed by atoms with van der Waals surface area (Å²) in [6.45, 7) is 11.7. The van der Waals surface area contributed by atoms with Gasteiger partial charge >= 0.3 is 0 Å². The fraction of sp³-hybridized carbons (Fsp3) is 0.909. The van der Waals surface area contributed by atoms with Gasteiger partial charge in [-0.15, -0.1) is 5.10 Å². The molecule has 0 aliphatic carbocycles. The first-order valence-corrected chi connectivity index (χ1v) is 6.07. The van der Waals surface area contributed by atoms with Gasteiger partial charge in [0.05, 0.1) is 12.1 Å². The van der Waals surface area contributed by atoms with E-state index in [0.717, 1.165) is 18.8 Å². The average Bonchev–Trinajstić information content (AvgIpc) is 2.73. The molecule has 1 aromatic rings. The molecule has 0 aliphatic rings. The minimum Gasteiger partial charge on any atom is -0.307 e. The highest BCUT2D eigenvalue weighted by atomic mass is 15.6. The van der Waals surface area contributed by atoms with Crippen LogP contribution >= 0.6 is 0 Å². The zero-order valence-electron chi connectivity index (χ0n) is 10.9. The van der Waals surface area contributed by atoms with Crippen molar-refractivity contribution in [2.45, 2.75) is 53.1 Å². The van der Waals surface area contributed by atoms with Gasteiger partial charge in [0.15, 0.2) is 5.82 Å². The first-order chi connectivity index (χ1) is 7.56. The molecule has 0 radical (unpaired) electrons. The second kappa shape index (κ2) is 5.94. The Kier molecular flexibility index (Phi) is 4.86. The molecule has 1 aromatic heterocycles. The van der Waals surface area contributed by atoms with Crippen molar-refractivity contribution in [2.75, 3.05) is 6.54 Å². The molecule has 0 aliphatic heterocycles. The zero-order valence-corrected chi connectivity index (χ0v) is 10.9. The van der Waals surface area contributed by atoms with Crippen LogP contribution in [-0.4, -0.2) is 26.8 Å². The predicted octanol–water partition coefficient (Wildman–Crippen LogP) is 1.95. The monoisotopic (exact) mass is 225 g/mol. The highest BCUT2D eigenvalue weighted by Crippen LogP contribution is 2.15. The molecule has 0 saturated carbocycles. The Morgan fingerprint density at radius 3 is 2.50 bits per heavy atom. The van der Waals surface area contributed by atoms with Gasteiger partial charge < -0.3 is 5.32 Å². The lowest BCUT2D eigenvalue weighted by Crippen LogP contribution is -2.26. The summed E-state index contributed by atoms with van der Waals surface area (Å²) in [7, 11) is 0. The fourth-order valence-corrected chi connectivity index (χ4v) is 1.48. The van der Waals surface area contributed by atoms with Crippen LogP contribution in [0.25, 0.3) is 0 Å². The molecule has 0 aromatic carbocycles. The van der Waals surface area contributed by atoms with Crippen molar-refractivity contribution < 1.29 is 0 Å². The highest BCUT2D eigenvalue weighted by Gasteiger charge is 2.17. The molecule has 16 heavy (non-hydrogen) atoms. The minimum absolute atomic E-state index is 0.200. The van der Waals surface area contributed by atoms with Gasteiger partial charge in [0.2, 0.25) is 0 Å². The molecule has 0 amide bonds. The summed E-state index contributed by atoms with van der Waals surface area (Å²) >= 11 is 0. The third-order valence-electron chi connectivity index (χ3n) is 2.75. The van der Waals surface area contributed by atoms with Gasteiger partial charge in [-0.2, -0.15) is 0 Å². The molecule has 92 valence electrons. The van der Waals surface area contributed by atoms with Crippen molar-refractivity contribution in [1.82, 2.24) is 25.5 Å². The summed E-state index contributed by atoms with van der Waals surface area (Å²) < 4.78 is 1.91. The van der Waals surface area contributed by atoms with Crippen LogP contribution in [0.3, 0.4) is 0 Å². The minimum atomic E-state index is 0.200. The quantitative estimate of drug-likeness (QED) is 0.804. The fourth-order valence-electron chi connectivity index (χ4n) is 1.48. The number of hydrogen-bond acceptors (Lipinski definition) is 4. The number of hydrogen-bond donors (Lipinski definition) is 1. The van der Waals surface area contributed by atoms with Crippen LogP contribution in [0, 0.1) is 5.92 Å². The van der Waals surface area contributed by atoms with Crippen molar-refractivity contribution in [3.63, 3.8) is 0 Å². The molecular formula is C11H23N5. The summed E-state index contributed by atoms with van der Waals surface area (Å²) in [4.78, 5) is 0. The maximum Gasteiger partial charge on any atom is 0.168 e. The van der Waals surface area contributed by atoms with Crippen molar-refractivity contribution in [1.29, 1.82) is 0 Å². The average molecular weight is 225 g/mol. The van der Waals surface area contributed by atoms with Crippen LogP contribution in [0.1, 0.15) is 58.9 Å². The van der Waals surface area contributed by atoms with Crippen LogP contribution in [0.4, 0.5) is 0 Å². The molecule has 1 rings (SSSR count). The topological polar surface area (TPSA) is 55.6 Å². The maximum absolute atomic E-state index is 4.10. The SMILES string of the molecule is CCC(C)n1nnnc1C(C)NCC(C)C. The lowest BCUT2D eigenvalue weighted by Gasteiger charge is -2.17. The Labute approximate surface area is 97.6 Å². The third kappa shape index (κ3) is 3.27. The molecular weight excluding hydrogens is 202 g/mol. The molecule has 0 fully saturated rings. The van der Waals surface area contributed by atoms with Crippen molar-refractivity contribution in [3.8, 4) is 0 Å². The van der Waals surface area contributed by atoms with E-state index in [1.807, 2.05) is 4.68 Å². The maximum atomic E-state index is 4.10. The Hall–Kier alpha value is -0.970. The Bertz CT molecular complexity index is 307. The standard InChI is InChI=1S/C11H23N5/c1-6-9(4)16-11(13-14-15-16)10(5)12-7-8(2)3/h8-10,12H,6-7H2,1-5H3. The van der Waals surface area contributed by atoms with Crippen LogP contribution in [0.2, 0.25) is 0 Å². The van der Waals surface area contributed by atoms with E-state index in [-0.39, 0.29) is 6.04 Å². The van der Waals surface area contributed by atoms with Crippen LogP contribution < -0.4 is 5.32 Å². The first-order valence-electron chi connectivity index (χ1n) is 6.07. The molecule has 0 spiro atoms. The van der Waals surface area contributed by atoms with Gasteiger partial charge in [0, 0.05) is 0 Å². The summed E-state index contributed by atoms with van der Waals surface area (Å²) in [5.74, 6) is 1.56. The van der Waals surface area contributed by atoms with Crippen molar-refractivity contribution in [3.05, 3.63) is 5.82 Å². The summed E-state index contributed by atoms with van der Waals surface area (Å²) in [6.07, 6.45) is 1.04. The van der Waals surface area contributed by atoms with Gasteiger partial charge in [-0.1, -0.05) is 20.8 Å². The van der Waals surface area contributed by atoms with Crippen LogP contribution in [0.15, 0.2) is 0 Å². The Balaban J connectivity index is 2.67. The lowest BCUT2D eigenvalue weighted by atomic mass is 10.2. The first kappa shape index (κ1) is 13.1. The summed E-state index contributed by atoms with van der Waals surface area (Å²) in [5.41, 5.74) is 0. The second-order valence-electron chi connectivity index (χ2n) is 4.76. The van der Waals surface area contributed by atoms with E-state index in [4.69, 9.17) is 0 Å². The number of nitrogens with one attached hydrogen (secondary N) is 1. The van der Waals surface area contributed by atoms with E-state index in [0.29, 0.717) is 12.0 Å². The smallest absolute Gasteiger partial charge is 0.168 e. The van der Waals surface area contributed by atoms with Gasteiger partial charge in [-0.3, -0.25) is 0 Å². The van der Waals surface area contributed by atoms with E-state index < -0.39 is 0 Å². The van der Waals surface area contributed by atoms with E-state index in [1.165, 1.54) is 0 Å². The van der Waals surface area contributed by atoms with Gasteiger partial charge in [-0.05, 0) is 43.2 Å². The Morgan fingerprint density at radius 2 is 1.94 bits per heavy atom. The van der Waals surface area contributed by atoms with E-state index >= 15 is 0 Å². The summed E-state index contributed by atoms with van der Waals surface area (Å²) in [5, 5.41) is 15.4. The van der Waals surface area contributed by atoms with E-state index in [9.17, 15) is 0 Å². The normalized spacial score (nSPS) is 15.4. The van der Waals surface area contributed by atoms with Gasteiger partial charge in [0.1, 0.15) is 0 Å². The Morgan fingerprint density at radius 1 is 1.25 bits per heavy atom. The number of aromatic nitrogens is 4. The largest absolute Gasteiger partial charge is 0.307 e. The molecule has 0 saturated heterocycles. The van der Waals surface area contributed by atoms with Crippen molar-refractivity contribution >= 4 is 0 Å². The van der Waals surface area contributed by atoms with Crippen LogP contribution in [0.5, 0.6) is 0 Å². The zero-order chi connectivity index (χ0) is 12.1. The van der Waals surface area contributed by atoms with Gasteiger partial charge in [-0.25, -0.2) is 4.68 Å². The summed E-state index contributed by atoms with van der Waals surface area (Å²) in [6, 6.07) is 0.555. The number of tetrazole rings is 1. The molecule has 2 atom stereocenters. The second-order valence-corrected chi connectivity index (χ2v) is 4.76. The number of rotatable bonds is 6. The molecule has 5 heteroatoms. The molecule has 0 bridgehead atoms. The van der Waals surface area contributed by atoms with Crippen molar-refractivity contribution in [2.24, 2.45) is 5.92 Å². The molecule has 2 unspecified atom stereocenters. The van der Waals surface area contributed by atoms with E-state index in [2.05, 4.69) is 55.5 Å². The number of nitrogens with zero attached hydrogens (tertiary/aromatic N) is 4. The van der Waals surface area contributed by atoms with E-state index in [1.54, 1.807) is 0 Å². The predicted molar refractivity (Wildman–Crippen MR) is 64.1 cm³/mol. The van der Waals surface area contributed by atoms with Gasteiger partial charge in [0.25, 0.3) is 0 Å². The molecule has 1 heterocycles. The van der Waals surface area contributed by atoms with Crippen LogP contribution in [-0.2, 0) is 0 Å². The highest BCUT2D eigenvalue weighted by molar-refractivity contribution is 4.91. The third-order valence-corrected chi connectivity index (χ3v) is 2.75. The molecule has 5 nitrogen and oxygen atoms in total. The lowest BCUT2D eigenvalue weighted by molar-refractivity contribution is 0.408.